The summed E-state index contributed by atoms with van der Waals surface area (Å²) in [5.41, 5.74) is 1.82. The van der Waals surface area contributed by atoms with E-state index in [1.807, 2.05) is 30.3 Å². The second-order valence-corrected chi connectivity index (χ2v) is 7.52. The minimum atomic E-state index is -0.105. The summed E-state index contributed by atoms with van der Waals surface area (Å²) in [6.07, 6.45) is 1.65. The van der Waals surface area contributed by atoms with E-state index in [1.54, 1.807) is 12.3 Å². The lowest BCUT2D eigenvalue weighted by molar-refractivity contribution is -0.113. The summed E-state index contributed by atoms with van der Waals surface area (Å²) < 4.78 is 4.99. The molecule has 5 nitrogen and oxygen atoms in total. The maximum atomic E-state index is 12.1. The number of aromatic nitrogens is 3. The molecule has 128 valence electrons. The highest BCUT2D eigenvalue weighted by molar-refractivity contribution is 8.01. The van der Waals surface area contributed by atoms with Crippen LogP contribution in [-0.2, 0) is 4.79 Å². The zero-order valence-corrected chi connectivity index (χ0v) is 15.3. The monoisotopic (exact) mass is 378 g/mol. The predicted molar refractivity (Wildman–Crippen MR) is 106 cm³/mol. The molecule has 0 aliphatic rings. The summed E-state index contributed by atoms with van der Waals surface area (Å²) in [4.78, 5) is 16.2. The average molecular weight is 378 g/mol. The second kappa shape index (κ2) is 7.63. The number of anilines is 1. The number of benzene rings is 2. The van der Waals surface area contributed by atoms with Crippen molar-refractivity contribution >= 4 is 45.8 Å². The highest BCUT2D eigenvalue weighted by atomic mass is 32.2. The molecule has 0 atom stereocenters. The normalized spacial score (nSPS) is 10.8. The number of thioether (sulfide) groups is 1. The molecule has 7 heteroatoms. The Morgan fingerprint density at radius 2 is 1.88 bits per heavy atom. The fourth-order valence-electron chi connectivity index (χ4n) is 2.54. The number of amides is 1. The minimum Gasteiger partial charge on any atom is -0.310 e. The highest BCUT2D eigenvalue weighted by Crippen LogP contribution is 2.34. The van der Waals surface area contributed by atoms with Gasteiger partial charge in [0.05, 0.1) is 5.75 Å². The van der Waals surface area contributed by atoms with Crippen molar-refractivity contribution < 1.29 is 4.79 Å². The van der Waals surface area contributed by atoms with Gasteiger partial charge < -0.3 is 5.32 Å². The SMILES string of the molecule is O=C(CSc1snnc1-c1ccc2ccccc2c1)Nc1ccccn1. The molecule has 0 aliphatic carbocycles. The summed E-state index contributed by atoms with van der Waals surface area (Å²) in [7, 11) is 0. The van der Waals surface area contributed by atoms with Gasteiger partial charge >= 0.3 is 0 Å². The number of rotatable bonds is 5. The van der Waals surface area contributed by atoms with E-state index in [0.717, 1.165) is 20.9 Å². The Hall–Kier alpha value is -2.77. The largest absolute Gasteiger partial charge is 0.310 e. The molecular weight excluding hydrogens is 364 g/mol. The van der Waals surface area contributed by atoms with Gasteiger partial charge in [0, 0.05) is 11.8 Å². The van der Waals surface area contributed by atoms with E-state index in [-0.39, 0.29) is 11.7 Å². The maximum Gasteiger partial charge on any atom is 0.235 e. The molecular formula is C19H14N4OS2. The molecule has 0 spiro atoms. The molecule has 1 N–H and O–H groups in total. The third kappa shape index (κ3) is 3.74. The molecule has 0 saturated carbocycles. The van der Waals surface area contributed by atoms with Crippen molar-refractivity contribution in [3.8, 4) is 11.3 Å². The van der Waals surface area contributed by atoms with Crippen molar-refractivity contribution in [2.45, 2.75) is 4.21 Å². The summed E-state index contributed by atoms with van der Waals surface area (Å²) in [5.74, 6) is 0.725. The van der Waals surface area contributed by atoms with Crippen LogP contribution in [0.25, 0.3) is 22.0 Å². The quantitative estimate of drug-likeness (QED) is 0.519. The third-order valence-corrected chi connectivity index (χ3v) is 5.71. The molecule has 0 radical (unpaired) electrons. The highest BCUT2D eigenvalue weighted by Gasteiger charge is 2.13. The zero-order chi connectivity index (χ0) is 17.8. The maximum absolute atomic E-state index is 12.1. The minimum absolute atomic E-state index is 0.105. The van der Waals surface area contributed by atoms with Gasteiger partial charge in [-0.15, -0.1) is 16.9 Å². The molecule has 0 unspecified atom stereocenters. The van der Waals surface area contributed by atoms with Crippen molar-refractivity contribution in [2.75, 3.05) is 11.1 Å². The van der Waals surface area contributed by atoms with Gasteiger partial charge in [0.25, 0.3) is 0 Å². The molecule has 2 aromatic carbocycles. The number of fused-ring (bicyclic) bond motifs is 1. The van der Waals surface area contributed by atoms with Gasteiger partial charge in [-0.2, -0.15) is 0 Å². The number of carbonyl (C=O) groups is 1. The summed E-state index contributed by atoms with van der Waals surface area (Å²) >= 11 is 2.74. The lowest BCUT2D eigenvalue weighted by atomic mass is 10.1. The van der Waals surface area contributed by atoms with Crippen molar-refractivity contribution in [3.63, 3.8) is 0 Å². The van der Waals surface area contributed by atoms with Gasteiger partial charge in [0.2, 0.25) is 5.91 Å². The average Bonchev–Trinajstić information content (AvgIpc) is 3.15. The number of pyridine rings is 1. The first-order valence-corrected chi connectivity index (χ1v) is 9.71. The van der Waals surface area contributed by atoms with Crippen molar-refractivity contribution in [3.05, 3.63) is 66.9 Å². The molecule has 4 aromatic rings. The fourth-order valence-corrected chi connectivity index (χ4v) is 4.10. The first-order chi connectivity index (χ1) is 12.8. The van der Waals surface area contributed by atoms with Gasteiger partial charge in [-0.25, -0.2) is 4.98 Å². The lowest BCUT2D eigenvalue weighted by Gasteiger charge is -2.05. The molecule has 4 rings (SSSR count). The van der Waals surface area contributed by atoms with Crippen LogP contribution in [0.1, 0.15) is 0 Å². The van der Waals surface area contributed by atoms with E-state index in [4.69, 9.17) is 0 Å². The number of nitrogens with zero attached hydrogens (tertiary/aromatic N) is 3. The zero-order valence-electron chi connectivity index (χ0n) is 13.6. The van der Waals surface area contributed by atoms with Crippen molar-refractivity contribution in [1.82, 2.24) is 14.6 Å². The standard InChI is InChI=1S/C19H14N4OS2/c24-17(21-16-7-3-4-10-20-16)12-25-19-18(22-23-26-19)15-9-8-13-5-1-2-6-14(13)11-15/h1-11H,12H2,(H,20,21,24). The Morgan fingerprint density at radius 1 is 1.04 bits per heavy atom. The topological polar surface area (TPSA) is 67.8 Å². The number of nitrogens with one attached hydrogen (secondary N) is 1. The first-order valence-electron chi connectivity index (χ1n) is 7.95. The van der Waals surface area contributed by atoms with Crippen LogP contribution in [0.5, 0.6) is 0 Å². The Balaban J connectivity index is 1.48. The molecule has 0 aliphatic heterocycles. The van der Waals surface area contributed by atoms with E-state index in [2.05, 4.69) is 44.2 Å². The molecule has 26 heavy (non-hydrogen) atoms. The molecule has 2 heterocycles. The van der Waals surface area contributed by atoms with Gasteiger partial charge in [0.15, 0.2) is 0 Å². The fraction of sp³-hybridized carbons (Fsp3) is 0.0526. The van der Waals surface area contributed by atoms with E-state index in [0.29, 0.717) is 5.82 Å². The van der Waals surface area contributed by atoms with Crippen LogP contribution < -0.4 is 5.32 Å². The number of carbonyl (C=O) groups excluding carboxylic acids is 1. The van der Waals surface area contributed by atoms with Gasteiger partial charge in [-0.3, -0.25) is 4.79 Å². The van der Waals surface area contributed by atoms with E-state index in [1.165, 1.54) is 28.7 Å². The van der Waals surface area contributed by atoms with E-state index >= 15 is 0 Å². The van der Waals surface area contributed by atoms with Crippen LogP contribution in [0.3, 0.4) is 0 Å². The van der Waals surface area contributed by atoms with Gasteiger partial charge in [-0.1, -0.05) is 47.0 Å². The number of hydrogen-bond acceptors (Lipinski definition) is 6. The van der Waals surface area contributed by atoms with Gasteiger partial charge in [0.1, 0.15) is 15.7 Å². The molecule has 2 aromatic heterocycles. The van der Waals surface area contributed by atoms with E-state index < -0.39 is 0 Å². The smallest absolute Gasteiger partial charge is 0.235 e. The Labute approximate surface area is 158 Å². The van der Waals surface area contributed by atoms with Crippen LogP contribution in [0.4, 0.5) is 5.82 Å². The Morgan fingerprint density at radius 3 is 2.73 bits per heavy atom. The Kier molecular flexibility index (Phi) is 4.90. The van der Waals surface area contributed by atoms with Crippen LogP contribution in [0.15, 0.2) is 71.1 Å². The summed E-state index contributed by atoms with van der Waals surface area (Å²) in [5, 5.41) is 9.38. The van der Waals surface area contributed by atoms with Crippen LogP contribution in [-0.4, -0.2) is 26.2 Å². The van der Waals surface area contributed by atoms with Crippen molar-refractivity contribution in [1.29, 1.82) is 0 Å². The molecule has 0 fully saturated rings. The van der Waals surface area contributed by atoms with Crippen molar-refractivity contribution in [2.24, 2.45) is 0 Å². The van der Waals surface area contributed by atoms with Gasteiger partial charge in [-0.05, 0) is 40.5 Å². The second-order valence-electron chi connectivity index (χ2n) is 5.52. The summed E-state index contributed by atoms with van der Waals surface area (Å²) in [6.45, 7) is 0. The molecule has 0 saturated heterocycles. The molecule has 1 amide bonds. The summed E-state index contributed by atoms with van der Waals surface area (Å²) in [6, 6.07) is 19.8. The first kappa shape index (κ1) is 16.7. The Bertz CT molecular complexity index is 1050. The lowest BCUT2D eigenvalue weighted by Crippen LogP contribution is -2.14. The van der Waals surface area contributed by atoms with E-state index in [9.17, 15) is 4.79 Å². The predicted octanol–water partition coefficient (Wildman–Crippen LogP) is 4.48. The van der Waals surface area contributed by atoms with Crippen LogP contribution in [0.2, 0.25) is 0 Å². The number of hydrogen-bond donors (Lipinski definition) is 1. The third-order valence-electron chi connectivity index (χ3n) is 3.75. The van der Waals surface area contributed by atoms with Crippen LogP contribution >= 0.6 is 23.3 Å². The van der Waals surface area contributed by atoms with Crippen LogP contribution in [0, 0.1) is 0 Å². The molecule has 0 bridgehead atoms.